The third-order valence-electron chi connectivity index (χ3n) is 2.82. The molecular weight excluding hydrogens is 164 g/mol. The van der Waals surface area contributed by atoms with Crippen molar-refractivity contribution in [1.82, 2.24) is 0 Å². The summed E-state index contributed by atoms with van der Waals surface area (Å²) in [5.74, 6) is 0.563. The molecule has 0 bridgehead atoms. The highest BCUT2D eigenvalue weighted by Gasteiger charge is 2.35. The van der Waals surface area contributed by atoms with Crippen LogP contribution in [0.1, 0.15) is 46.5 Å². The van der Waals surface area contributed by atoms with E-state index in [1.807, 2.05) is 20.8 Å². The summed E-state index contributed by atoms with van der Waals surface area (Å²) >= 11 is 0. The molecule has 13 heavy (non-hydrogen) atoms. The fourth-order valence-corrected chi connectivity index (χ4v) is 2.11. The average Bonchev–Trinajstić information content (AvgIpc) is 2.54. The molecule has 0 aliphatic heterocycles. The van der Waals surface area contributed by atoms with Crippen molar-refractivity contribution in [3.05, 3.63) is 0 Å². The third kappa shape index (κ3) is 2.53. The lowest BCUT2D eigenvalue weighted by atomic mass is 9.90. The summed E-state index contributed by atoms with van der Waals surface area (Å²) in [5.41, 5.74) is -0.566. The maximum Gasteiger partial charge on any atom is 0.167 e. The van der Waals surface area contributed by atoms with Crippen molar-refractivity contribution in [2.24, 2.45) is 5.92 Å². The van der Waals surface area contributed by atoms with Gasteiger partial charge in [0.05, 0.1) is 0 Å². The Bertz CT molecular complexity index is 179. The number of hydrogen-bond acceptors (Lipinski definition) is 2. The number of rotatable bonds is 4. The summed E-state index contributed by atoms with van der Waals surface area (Å²) in [7, 11) is 0. The van der Waals surface area contributed by atoms with E-state index in [1.54, 1.807) is 0 Å². The summed E-state index contributed by atoms with van der Waals surface area (Å²) in [5, 5.41) is 0. The molecule has 1 aliphatic rings. The first-order chi connectivity index (χ1) is 6.08. The fraction of sp³-hybridized carbons (Fsp3) is 0.909. The Morgan fingerprint density at radius 1 is 1.38 bits per heavy atom. The van der Waals surface area contributed by atoms with Gasteiger partial charge in [-0.2, -0.15) is 0 Å². The van der Waals surface area contributed by atoms with Crippen molar-refractivity contribution in [2.45, 2.75) is 52.1 Å². The van der Waals surface area contributed by atoms with Crippen LogP contribution in [0, 0.1) is 5.92 Å². The minimum Gasteiger partial charge on any atom is -0.368 e. The van der Waals surface area contributed by atoms with E-state index in [0.717, 1.165) is 12.8 Å². The van der Waals surface area contributed by atoms with Crippen LogP contribution in [0.3, 0.4) is 0 Å². The van der Waals surface area contributed by atoms with Gasteiger partial charge in [-0.15, -0.1) is 0 Å². The van der Waals surface area contributed by atoms with Crippen molar-refractivity contribution in [1.29, 1.82) is 0 Å². The van der Waals surface area contributed by atoms with Gasteiger partial charge in [0.2, 0.25) is 0 Å². The normalized spacial score (nSPS) is 19.3. The zero-order valence-corrected chi connectivity index (χ0v) is 8.93. The van der Waals surface area contributed by atoms with Gasteiger partial charge in [-0.05, 0) is 33.6 Å². The molecule has 1 fully saturated rings. The number of ketones is 1. The van der Waals surface area contributed by atoms with Crippen LogP contribution in [0.2, 0.25) is 0 Å². The smallest absolute Gasteiger partial charge is 0.167 e. The Hall–Kier alpha value is -0.370. The highest BCUT2D eigenvalue weighted by Crippen LogP contribution is 2.30. The first-order valence-corrected chi connectivity index (χ1v) is 5.26. The predicted molar refractivity (Wildman–Crippen MR) is 52.7 cm³/mol. The van der Waals surface area contributed by atoms with Crippen molar-refractivity contribution >= 4 is 5.78 Å². The molecule has 0 aromatic rings. The Morgan fingerprint density at radius 3 is 2.38 bits per heavy atom. The van der Waals surface area contributed by atoms with Crippen LogP contribution < -0.4 is 0 Å². The summed E-state index contributed by atoms with van der Waals surface area (Å²) in [6, 6.07) is 0. The molecule has 0 aromatic heterocycles. The van der Waals surface area contributed by atoms with Crippen LogP contribution in [0.25, 0.3) is 0 Å². The van der Waals surface area contributed by atoms with Gasteiger partial charge < -0.3 is 4.74 Å². The van der Waals surface area contributed by atoms with Gasteiger partial charge in [0.1, 0.15) is 5.60 Å². The van der Waals surface area contributed by atoms with Crippen molar-refractivity contribution in [2.75, 3.05) is 6.61 Å². The molecule has 1 aliphatic carbocycles. The second kappa shape index (κ2) is 4.23. The standard InChI is InChI=1S/C11H20O2/c1-4-13-11(2,3)10(12)9-7-5-6-8-9/h9H,4-8H2,1-3H3. The number of ether oxygens (including phenoxy) is 1. The largest absolute Gasteiger partial charge is 0.368 e. The molecule has 0 aromatic carbocycles. The first-order valence-electron chi connectivity index (χ1n) is 5.26. The van der Waals surface area contributed by atoms with E-state index in [0.29, 0.717) is 12.4 Å². The van der Waals surface area contributed by atoms with Crippen molar-refractivity contribution in [3.63, 3.8) is 0 Å². The molecule has 0 heterocycles. The summed E-state index contributed by atoms with van der Waals surface area (Å²) in [4.78, 5) is 11.9. The maximum atomic E-state index is 11.9. The first kappa shape index (κ1) is 10.7. The van der Waals surface area contributed by atoms with Crippen LogP contribution in [-0.4, -0.2) is 18.0 Å². The monoisotopic (exact) mass is 184 g/mol. The van der Waals surface area contributed by atoms with Crippen molar-refractivity contribution in [3.8, 4) is 0 Å². The van der Waals surface area contributed by atoms with E-state index in [2.05, 4.69) is 0 Å². The lowest BCUT2D eigenvalue weighted by molar-refractivity contribution is -0.143. The quantitative estimate of drug-likeness (QED) is 0.671. The van der Waals surface area contributed by atoms with E-state index < -0.39 is 5.60 Å². The van der Waals surface area contributed by atoms with Gasteiger partial charge in [-0.3, -0.25) is 4.79 Å². The van der Waals surface area contributed by atoms with E-state index in [1.165, 1.54) is 12.8 Å². The summed E-state index contributed by atoms with van der Waals surface area (Å²) in [6.45, 7) is 6.32. The topological polar surface area (TPSA) is 26.3 Å². The fourth-order valence-electron chi connectivity index (χ4n) is 2.11. The minimum absolute atomic E-state index is 0.265. The summed E-state index contributed by atoms with van der Waals surface area (Å²) in [6.07, 6.45) is 4.54. The van der Waals surface area contributed by atoms with E-state index >= 15 is 0 Å². The lowest BCUT2D eigenvalue weighted by Crippen LogP contribution is -2.39. The molecular formula is C11H20O2. The zero-order chi connectivity index (χ0) is 9.90. The van der Waals surface area contributed by atoms with Gasteiger partial charge >= 0.3 is 0 Å². The molecule has 2 nitrogen and oxygen atoms in total. The molecule has 1 saturated carbocycles. The van der Waals surface area contributed by atoms with Gasteiger partial charge in [-0.25, -0.2) is 0 Å². The van der Waals surface area contributed by atoms with E-state index in [9.17, 15) is 4.79 Å². The molecule has 0 unspecified atom stereocenters. The van der Waals surface area contributed by atoms with E-state index in [4.69, 9.17) is 4.74 Å². The molecule has 0 atom stereocenters. The average molecular weight is 184 g/mol. The molecule has 0 saturated heterocycles. The van der Waals surface area contributed by atoms with Gasteiger partial charge in [-0.1, -0.05) is 12.8 Å². The highest BCUT2D eigenvalue weighted by atomic mass is 16.5. The third-order valence-corrected chi connectivity index (χ3v) is 2.82. The molecule has 0 amide bonds. The summed E-state index contributed by atoms with van der Waals surface area (Å²) < 4.78 is 5.45. The van der Waals surface area contributed by atoms with Gasteiger partial charge in [0.25, 0.3) is 0 Å². The Labute approximate surface area is 80.7 Å². The zero-order valence-electron chi connectivity index (χ0n) is 8.93. The Morgan fingerprint density at radius 2 is 1.92 bits per heavy atom. The number of Topliss-reactive ketones (excluding diaryl/α,β-unsaturated/α-hetero) is 1. The van der Waals surface area contributed by atoms with Gasteiger partial charge in [0.15, 0.2) is 5.78 Å². The molecule has 1 rings (SSSR count). The van der Waals surface area contributed by atoms with Gasteiger partial charge in [0, 0.05) is 12.5 Å². The van der Waals surface area contributed by atoms with E-state index in [-0.39, 0.29) is 5.92 Å². The number of carbonyl (C=O) groups excluding carboxylic acids is 1. The van der Waals surface area contributed by atoms with Crippen LogP contribution in [0.15, 0.2) is 0 Å². The SMILES string of the molecule is CCOC(C)(C)C(=O)C1CCCC1. The molecule has 2 heteroatoms. The van der Waals surface area contributed by atoms with Crippen LogP contribution in [0.4, 0.5) is 0 Å². The Kier molecular flexibility index (Phi) is 3.48. The van der Waals surface area contributed by atoms with Crippen LogP contribution in [0.5, 0.6) is 0 Å². The van der Waals surface area contributed by atoms with Crippen molar-refractivity contribution < 1.29 is 9.53 Å². The Balaban J connectivity index is 2.53. The van der Waals surface area contributed by atoms with Crippen LogP contribution in [-0.2, 0) is 9.53 Å². The second-order valence-corrected chi connectivity index (χ2v) is 4.29. The number of hydrogen-bond donors (Lipinski definition) is 0. The molecule has 0 radical (unpaired) electrons. The highest BCUT2D eigenvalue weighted by molar-refractivity contribution is 5.88. The molecule has 0 spiro atoms. The predicted octanol–water partition coefficient (Wildman–Crippen LogP) is 2.56. The molecule has 0 N–H and O–H groups in total. The second-order valence-electron chi connectivity index (χ2n) is 4.29. The lowest BCUT2D eigenvalue weighted by Gasteiger charge is -2.26. The maximum absolute atomic E-state index is 11.9. The van der Waals surface area contributed by atoms with Crippen LogP contribution >= 0.6 is 0 Å². The minimum atomic E-state index is -0.566. The molecule has 76 valence electrons. The number of carbonyl (C=O) groups is 1.